The zero-order valence-corrected chi connectivity index (χ0v) is 9.84. The Kier molecular flexibility index (Phi) is 3.91. The van der Waals surface area contributed by atoms with E-state index < -0.39 is 0 Å². The third-order valence-corrected chi connectivity index (χ3v) is 3.01. The Balaban J connectivity index is 2.16. The van der Waals surface area contributed by atoms with Gasteiger partial charge in [0.2, 0.25) is 0 Å². The minimum Gasteiger partial charge on any atom is -0.326 e. The predicted molar refractivity (Wildman–Crippen MR) is 71.4 cm³/mol. The van der Waals surface area contributed by atoms with Gasteiger partial charge in [-0.15, -0.1) is 0 Å². The lowest BCUT2D eigenvalue weighted by atomic mass is 9.96. The first-order valence-corrected chi connectivity index (χ1v) is 5.88. The summed E-state index contributed by atoms with van der Waals surface area (Å²) in [6.07, 6.45) is 0.831. The lowest BCUT2D eigenvalue weighted by Gasteiger charge is -2.14. The molecule has 2 aromatic carbocycles. The second-order valence-electron chi connectivity index (χ2n) is 4.19. The van der Waals surface area contributed by atoms with Crippen LogP contribution in [0.4, 0.5) is 0 Å². The second-order valence-corrected chi connectivity index (χ2v) is 4.19. The topological polar surface area (TPSA) is 52.0 Å². The fourth-order valence-electron chi connectivity index (χ4n) is 2.01. The molecule has 4 N–H and O–H groups in total. The molecule has 2 nitrogen and oxygen atoms in total. The van der Waals surface area contributed by atoms with Crippen molar-refractivity contribution in [1.29, 1.82) is 0 Å². The number of nitrogens with two attached hydrogens (primary N) is 2. The maximum atomic E-state index is 6.21. The summed E-state index contributed by atoms with van der Waals surface area (Å²) in [5, 5.41) is 0. The van der Waals surface area contributed by atoms with Gasteiger partial charge in [0.25, 0.3) is 0 Å². The molecule has 2 heteroatoms. The quantitative estimate of drug-likeness (QED) is 0.841. The van der Waals surface area contributed by atoms with E-state index in [1.807, 2.05) is 30.3 Å². The molecular weight excluding hydrogens is 208 g/mol. The molecule has 0 aliphatic heterocycles. The van der Waals surface area contributed by atoms with Crippen LogP contribution in [0.2, 0.25) is 0 Å². The van der Waals surface area contributed by atoms with E-state index in [0.717, 1.165) is 6.42 Å². The largest absolute Gasteiger partial charge is 0.326 e. The molecule has 2 rings (SSSR count). The molecule has 1 unspecified atom stereocenters. The van der Waals surface area contributed by atoms with Gasteiger partial charge in [0.05, 0.1) is 0 Å². The molecular formula is C15H18N2. The SMILES string of the molecule is NCc1ccccc1CC(N)c1ccccc1. The summed E-state index contributed by atoms with van der Waals surface area (Å²) in [5.74, 6) is 0. The van der Waals surface area contributed by atoms with Gasteiger partial charge in [0.1, 0.15) is 0 Å². The Labute approximate surface area is 102 Å². The molecule has 0 amide bonds. The van der Waals surface area contributed by atoms with Crippen molar-refractivity contribution in [2.75, 3.05) is 0 Å². The number of hydrogen-bond acceptors (Lipinski definition) is 2. The number of rotatable bonds is 4. The minimum absolute atomic E-state index is 0.0314. The highest BCUT2D eigenvalue weighted by atomic mass is 14.6. The summed E-state index contributed by atoms with van der Waals surface area (Å²) in [6.45, 7) is 0.567. The predicted octanol–water partition coefficient (Wildman–Crippen LogP) is 2.39. The Hall–Kier alpha value is -1.64. The molecule has 1 atom stereocenters. The molecule has 0 aliphatic carbocycles. The lowest BCUT2D eigenvalue weighted by Crippen LogP contribution is -2.15. The van der Waals surface area contributed by atoms with Crippen LogP contribution in [-0.4, -0.2) is 0 Å². The fourth-order valence-corrected chi connectivity index (χ4v) is 2.01. The third-order valence-electron chi connectivity index (χ3n) is 3.01. The van der Waals surface area contributed by atoms with E-state index in [0.29, 0.717) is 6.54 Å². The molecule has 0 saturated heterocycles. The number of hydrogen-bond donors (Lipinski definition) is 2. The van der Waals surface area contributed by atoms with Crippen molar-refractivity contribution in [3.8, 4) is 0 Å². The molecule has 2 aromatic rings. The van der Waals surface area contributed by atoms with Gasteiger partial charge in [-0.3, -0.25) is 0 Å². The monoisotopic (exact) mass is 226 g/mol. The molecule has 0 spiro atoms. The van der Waals surface area contributed by atoms with Crippen molar-refractivity contribution in [2.24, 2.45) is 11.5 Å². The minimum atomic E-state index is 0.0314. The molecule has 0 saturated carbocycles. The van der Waals surface area contributed by atoms with Crippen LogP contribution >= 0.6 is 0 Å². The van der Waals surface area contributed by atoms with Crippen molar-refractivity contribution in [3.05, 3.63) is 71.3 Å². The van der Waals surface area contributed by atoms with E-state index in [-0.39, 0.29) is 6.04 Å². The smallest absolute Gasteiger partial charge is 0.0335 e. The summed E-state index contributed by atoms with van der Waals surface area (Å²) >= 11 is 0. The van der Waals surface area contributed by atoms with Gasteiger partial charge in [-0.2, -0.15) is 0 Å². The van der Waals surface area contributed by atoms with Crippen molar-refractivity contribution < 1.29 is 0 Å². The van der Waals surface area contributed by atoms with Gasteiger partial charge in [0, 0.05) is 12.6 Å². The highest BCUT2D eigenvalue weighted by Crippen LogP contribution is 2.18. The molecule has 0 fully saturated rings. The Morgan fingerprint density at radius 1 is 0.824 bits per heavy atom. The van der Waals surface area contributed by atoms with Crippen molar-refractivity contribution in [2.45, 2.75) is 19.0 Å². The first-order valence-electron chi connectivity index (χ1n) is 5.88. The van der Waals surface area contributed by atoms with Crippen LogP contribution in [0.5, 0.6) is 0 Å². The molecule has 0 aromatic heterocycles. The first kappa shape index (κ1) is 11.8. The maximum absolute atomic E-state index is 6.21. The maximum Gasteiger partial charge on any atom is 0.0335 e. The second kappa shape index (κ2) is 5.62. The number of benzene rings is 2. The lowest BCUT2D eigenvalue weighted by molar-refractivity contribution is 0.715. The van der Waals surface area contributed by atoms with Gasteiger partial charge >= 0.3 is 0 Å². The summed E-state index contributed by atoms with van der Waals surface area (Å²) < 4.78 is 0. The van der Waals surface area contributed by atoms with Crippen LogP contribution < -0.4 is 11.5 Å². The first-order chi connectivity index (χ1) is 8.31. The van der Waals surface area contributed by atoms with Crippen LogP contribution in [0.25, 0.3) is 0 Å². The van der Waals surface area contributed by atoms with Crippen molar-refractivity contribution in [1.82, 2.24) is 0 Å². The van der Waals surface area contributed by atoms with E-state index >= 15 is 0 Å². The Bertz CT molecular complexity index is 465. The van der Waals surface area contributed by atoms with Crippen LogP contribution in [0.15, 0.2) is 54.6 Å². The molecule has 0 aliphatic rings. The van der Waals surface area contributed by atoms with Crippen molar-refractivity contribution >= 4 is 0 Å². The average Bonchev–Trinajstić information content (AvgIpc) is 2.40. The van der Waals surface area contributed by atoms with E-state index in [9.17, 15) is 0 Å². The van der Waals surface area contributed by atoms with Gasteiger partial charge in [-0.25, -0.2) is 0 Å². The molecule has 17 heavy (non-hydrogen) atoms. The van der Waals surface area contributed by atoms with Gasteiger partial charge in [-0.1, -0.05) is 54.6 Å². The van der Waals surface area contributed by atoms with Gasteiger partial charge < -0.3 is 11.5 Å². The van der Waals surface area contributed by atoms with Gasteiger partial charge in [-0.05, 0) is 23.1 Å². The van der Waals surface area contributed by atoms with Crippen LogP contribution in [0.1, 0.15) is 22.7 Å². The zero-order chi connectivity index (χ0) is 12.1. The average molecular weight is 226 g/mol. The third kappa shape index (κ3) is 2.93. The van der Waals surface area contributed by atoms with Crippen LogP contribution in [0.3, 0.4) is 0 Å². The molecule has 0 bridgehead atoms. The molecule has 88 valence electrons. The normalized spacial score (nSPS) is 12.4. The van der Waals surface area contributed by atoms with Crippen LogP contribution in [-0.2, 0) is 13.0 Å². The molecule has 0 heterocycles. The summed E-state index contributed by atoms with van der Waals surface area (Å²) in [4.78, 5) is 0. The summed E-state index contributed by atoms with van der Waals surface area (Å²) in [5.41, 5.74) is 15.5. The Morgan fingerprint density at radius 2 is 1.41 bits per heavy atom. The summed E-state index contributed by atoms with van der Waals surface area (Å²) in [7, 11) is 0. The van der Waals surface area contributed by atoms with Gasteiger partial charge in [0.15, 0.2) is 0 Å². The van der Waals surface area contributed by atoms with Crippen LogP contribution in [0, 0.1) is 0 Å². The highest BCUT2D eigenvalue weighted by Gasteiger charge is 2.08. The van der Waals surface area contributed by atoms with Crippen molar-refractivity contribution in [3.63, 3.8) is 0 Å². The highest BCUT2D eigenvalue weighted by molar-refractivity contribution is 5.30. The zero-order valence-electron chi connectivity index (χ0n) is 9.84. The standard InChI is InChI=1S/C15H18N2/c16-11-14-9-5-4-8-13(14)10-15(17)12-6-2-1-3-7-12/h1-9,15H,10-11,16-17H2. The molecule has 0 radical (unpaired) electrons. The Morgan fingerprint density at radius 3 is 2.06 bits per heavy atom. The fraction of sp³-hybridized carbons (Fsp3) is 0.200. The van der Waals surface area contributed by atoms with E-state index in [1.165, 1.54) is 16.7 Å². The van der Waals surface area contributed by atoms with E-state index in [2.05, 4.69) is 24.3 Å². The van der Waals surface area contributed by atoms with E-state index in [4.69, 9.17) is 11.5 Å². The summed E-state index contributed by atoms with van der Waals surface area (Å²) in [6, 6.07) is 18.4. The van der Waals surface area contributed by atoms with E-state index in [1.54, 1.807) is 0 Å².